The minimum Gasteiger partial charge on any atom is -0.490 e. The highest BCUT2D eigenvalue weighted by atomic mass is 32.2. The molecule has 32 heavy (non-hydrogen) atoms. The van der Waals surface area contributed by atoms with Crippen LogP contribution in [0, 0.1) is 0 Å². The van der Waals surface area contributed by atoms with Crippen molar-refractivity contribution in [3.8, 4) is 17.2 Å². The molecule has 0 radical (unpaired) electrons. The molecule has 5 nitrogen and oxygen atoms in total. The molecule has 1 aromatic carbocycles. The Labute approximate surface area is 191 Å². The summed E-state index contributed by atoms with van der Waals surface area (Å²) >= 11 is 0. The summed E-state index contributed by atoms with van der Waals surface area (Å²) in [7, 11) is -8.09. The van der Waals surface area contributed by atoms with Gasteiger partial charge >= 0.3 is 15.6 Å². The highest BCUT2D eigenvalue weighted by Crippen LogP contribution is 2.35. The summed E-state index contributed by atoms with van der Waals surface area (Å²) in [6, 6.07) is 2.83. The Morgan fingerprint density at radius 2 is 1.25 bits per heavy atom. The molecule has 0 aliphatic heterocycles. The average molecular weight is 499 g/mol. The molecule has 0 aliphatic carbocycles. The van der Waals surface area contributed by atoms with Gasteiger partial charge in [0.1, 0.15) is 5.75 Å². The van der Waals surface area contributed by atoms with E-state index in [0.29, 0.717) is 24.2 Å². The molecule has 0 bridgehead atoms. The Balaban J connectivity index is 3.27. The van der Waals surface area contributed by atoms with Crippen molar-refractivity contribution in [2.24, 2.45) is 0 Å². The van der Waals surface area contributed by atoms with Gasteiger partial charge in [-0.1, -0.05) is 72.0 Å². The zero-order valence-electron chi connectivity index (χ0n) is 19.8. The summed E-state index contributed by atoms with van der Waals surface area (Å²) in [6.45, 7) is 10.7. The third-order valence-corrected chi connectivity index (χ3v) is 7.82. The molecule has 0 unspecified atom stereocenters. The second kappa shape index (κ2) is 12.7. The molecule has 0 N–H and O–H groups in total. The van der Waals surface area contributed by atoms with E-state index >= 15 is 0 Å². The third kappa shape index (κ3) is 9.21. The minimum atomic E-state index is -5.80. The van der Waals surface area contributed by atoms with Gasteiger partial charge in [0.05, 0.1) is 21.3 Å². The van der Waals surface area contributed by atoms with Gasteiger partial charge in [0.2, 0.25) is 0 Å². The summed E-state index contributed by atoms with van der Waals surface area (Å²) in [6.07, 6.45) is 7.88. The van der Waals surface area contributed by atoms with Crippen molar-refractivity contribution in [3.63, 3.8) is 0 Å². The highest BCUT2D eigenvalue weighted by Gasteiger charge is 2.49. The number of hydrogen-bond acceptors (Lipinski definition) is 5. The number of alkyl halides is 3. The van der Waals surface area contributed by atoms with Crippen LogP contribution in [-0.2, 0) is 10.1 Å². The Bertz CT molecular complexity index is 805. The van der Waals surface area contributed by atoms with Gasteiger partial charge in [0.15, 0.2) is 11.5 Å². The second-order valence-corrected chi connectivity index (χ2v) is 15.4. The van der Waals surface area contributed by atoms with Crippen molar-refractivity contribution in [2.75, 3.05) is 13.2 Å². The maximum absolute atomic E-state index is 13.0. The van der Waals surface area contributed by atoms with E-state index in [0.717, 1.165) is 51.4 Å². The van der Waals surface area contributed by atoms with Crippen molar-refractivity contribution in [1.82, 2.24) is 0 Å². The fourth-order valence-electron chi connectivity index (χ4n) is 3.01. The van der Waals surface area contributed by atoms with Crippen LogP contribution in [0.25, 0.3) is 0 Å². The van der Waals surface area contributed by atoms with Gasteiger partial charge in [-0.15, -0.1) is 0 Å². The molecule has 0 heterocycles. The van der Waals surface area contributed by atoms with Crippen molar-refractivity contribution in [3.05, 3.63) is 12.1 Å². The van der Waals surface area contributed by atoms with Gasteiger partial charge in [-0.2, -0.15) is 21.6 Å². The summed E-state index contributed by atoms with van der Waals surface area (Å²) < 4.78 is 78.6. The van der Waals surface area contributed by atoms with Gasteiger partial charge in [-0.3, -0.25) is 0 Å². The lowest BCUT2D eigenvalue weighted by molar-refractivity contribution is -0.0499. The van der Waals surface area contributed by atoms with E-state index in [4.69, 9.17) is 9.47 Å². The molecule has 0 amide bonds. The lowest BCUT2D eigenvalue weighted by Gasteiger charge is -2.24. The van der Waals surface area contributed by atoms with E-state index in [1.807, 2.05) is 19.6 Å². The molecule has 0 spiro atoms. The lowest BCUT2D eigenvalue weighted by Crippen LogP contribution is -2.40. The maximum Gasteiger partial charge on any atom is 0.534 e. The van der Waals surface area contributed by atoms with Gasteiger partial charge in [0.25, 0.3) is 0 Å². The first kappa shape index (κ1) is 28.6. The van der Waals surface area contributed by atoms with Crippen molar-refractivity contribution in [2.45, 2.75) is 90.4 Å². The van der Waals surface area contributed by atoms with Crippen molar-refractivity contribution in [1.29, 1.82) is 0 Å². The number of ether oxygens (including phenoxy) is 2. The standard InChI is InChI=1S/C22H37F3O5SSi/c1-6-8-10-12-14-28-18-16-20(30-31(26,27)22(23,24)25)21(32(3,4)5)17-19(18)29-15-13-11-9-7-2/h16-17H,6-15H2,1-5H3. The van der Waals surface area contributed by atoms with E-state index in [9.17, 15) is 21.6 Å². The number of unbranched alkanes of at least 4 members (excludes halogenated alkanes) is 6. The fourth-order valence-corrected chi connectivity index (χ4v) is 4.98. The van der Waals surface area contributed by atoms with Crippen LogP contribution in [0.1, 0.15) is 65.2 Å². The first-order valence-electron chi connectivity index (χ1n) is 11.3. The van der Waals surface area contributed by atoms with Crippen molar-refractivity contribution >= 4 is 23.4 Å². The Morgan fingerprint density at radius 3 is 1.66 bits per heavy atom. The van der Waals surface area contributed by atoms with Crippen LogP contribution in [0.4, 0.5) is 13.2 Å². The third-order valence-electron chi connectivity index (χ3n) is 4.85. The molecular weight excluding hydrogens is 461 g/mol. The number of hydrogen-bond donors (Lipinski definition) is 0. The first-order chi connectivity index (χ1) is 14.8. The highest BCUT2D eigenvalue weighted by molar-refractivity contribution is 7.88. The van der Waals surface area contributed by atoms with E-state index in [1.54, 1.807) is 6.07 Å². The van der Waals surface area contributed by atoms with Gasteiger partial charge < -0.3 is 13.7 Å². The summed E-state index contributed by atoms with van der Waals surface area (Å²) in [5.41, 5.74) is -5.51. The monoisotopic (exact) mass is 498 g/mol. The van der Waals surface area contributed by atoms with E-state index in [-0.39, 0.29) is 11.5 Å². The quantitative estimate of drug-likeness (QED) is 0.122. The van der Waals surface area contributed by atoms with Crippen LogP contribution in [-0.4, -0.2) is 35.2 Å². The largest absolute Gasteiger partial charge is 0.534 e. The van der Waals surface area contributed by atoms with Gasteiger partial charge in [-0.25, -0.2) is 0 Å². The molecule has 1 rings (SSSR count). The molecule has 186 valence electrons. The average Bonchev–Trinajstić information content (AvgIpc) is 2.66. The smallest absolute Gasteiger partial charge is 0.490 e. The molecule has 0 aliphatic rings. The van der Waals surface area contributed by atoms with Crippen LogP contribution in [0.2, 0.25) is 19.6 Å². The van der Waals surface area contributed by atoms with Crippen LogP contribution in [0.3, 0.4) is 0 Å². The fraction of sp³-hybridized carbons (Fsp3) is 0.727. The summed E-state index contributed by atoms with van der Waals surface area (Å²) in [4.78, 5) is 0. The lowest BCUT2D eigenvalue weighted by atomic mass is 10.2. The van der Waals surface area contributed by atoms with Crippen LogP contribution in [0.5, 0.6) is 17.2 Å². The summed E-state index contributed by atoms with van der Waals surface area (Å²) in [5, 5.41) is 0.423. The normalized spacial score (nSPS) is 12.6. The number of benzene rings is 1. The SMILES string of the molecule is CCCCCCOc1cc(OS(=O)(=O)C(F)(F)F)c([Si](C)(C)C)cc1OCCCCCC. The van der Waals surface area contributed by atoms with Crippen molar-refractivity contribution < 1.29 is 35.2 Å². The van der Waals surface area contributed by atoms with E-state index in [2.05, 4.69) is 18.0 Å². The number of halogens is 3. The van der Waals surface area contributed by atoms with Crippen LogP contribution < -0.4 is 18.8 Å². The molecule has 0 fully saturated rings. The predicted octanol–water partition coefficient (Wildman–Crippen LogP) is 6.38. The Morgan fingerprint density at radius 1 is 0.781 bits per heavy atom. The molecule has 0 saturated heterocycles. The molecule has 0 atom stereocenters. The topological polar surface area (TPSA) is 61.8 Å². The summed E-state index contributed by atoms with van der Waals surface area (Å²) in [5.74, 6) is 0.265. The zero-order chi connectivity index (χ0) is 24.4. The Hall–Kier alpha value is -1.42. The second-order valence-electron chi connectivity index (χ2n) is 8.85. The minimum absolute atomic E-state index is 0.200. The first-order valence-corrected chi connectivity index (χ1v) is 16.2. The van der Waals surface area contributed by atoms with Crippen LogP contribution in [0.15, 0.2) is 12.1 Å². The van der Waals surface area contributed by atoms with E-state index < -0.39 is 23.7 Å². The molecular formula is C22H37F3O5SSi. The molecule has 0 aromatic heterocycles. The van der Waals surface area contributed by atoms with Gasteiger partial charge in [-0.05, 0) is 24.1 Å². The molecule has 0 saturated carbocycles. The maximum atomic E-state index is 13.0. The predicted molar refractivity (Wildman–Crippen MR) is 124 cm³/mol. The van der Waals surface area contributed by atoms with Crippen LogP contribution >= 0.6 is 0 Å². The van der Waals surface area contributed by atoms with E-state index in [1.165, 1.54) is 6.07 Å². The van der Waals surface area contributed by atoms with Gasteiger partial charge in [0, 0.05) is 6.07 Å². The molecule has 10 heteroatoms. The zero-order valence-corrected chi connectivity index (χ0v) is 21.6. The molecule has 1 aromatic rings. The Kier molecular flexibility index (Phi) is 11.4. The number of rotatable bonds is 15.